The SMILES string of the molecule is CC(=O)c1ccc(NC(=O)[C@@H](C)N[C@H](c2ccccc2)c2ccco2)cc1. The van der Waals surface area contributed by atoms with Crippen molar-refractivity contribution in [3.63, 3.8) is 0 Å². The molecule has 0 saturated heterocycles. The van der Waals surface area contributed by atoms with Crippen molar-refractivity contribution in [2.24, 2.45) is 0 Å². The molecule has 0 unspecified atom stereocenters. The Labute approximate surface area is 158 Å². The molecule has 5 heteroatoms. The first-order valence-electron chi connectivity index (χ1n) is 8.81. The first-order valence-corrected chi connectivity index (χ1v) is 8.81. The minimum atomic E-state index is -0.465. The molecule has 1 aromatic heterocycles. The zero-order valence-electron chi connectivity index (χ0n) is 15.3. The van der Waals surface area contributed by atoms with Gasteiger partial charge in [0.25, 0.3) is 0 Å². The van der Waals surface area contributed by atoms with E-state index in [0.717, 1.165) is 11.3 Å². The Hall–Kier alpha value is -3.18. The molecular weight excluding hydrogens is 340 g/mol. The number of nitrogens with one attached hydrogen (secondary N) is 2. The van der Waals surface area contributed by atoms with Crippen LogP contribution < -0.4 is 10.6 Å². The summed E-state index contributed by atoms with van der Waals surface area (Å²) in [5.74, 6) is 0.566. The number of hydrogen-bond acceptors (Lipinski definition) is 4. The average molecular weight is 362 g/mol. The van der Waals surface area contributed by atoms with Crippen LogP contribution in [0.2, 0.25) is 0 Å². The van der Waals surface area contributed by atoms with E-state index >= 15 is 0 Å². The lowest BCUT2D eigenvalue weighted by Crippen LogP contribution is -2.40. The Bertz CT molecular complexity index is 887. The van der Waals surface area contributed by atoms with Crippen LogP contribution in [0.5, 0.6) is 0 Å². The van der Waals surface area contributed by atoms with Crippen LogP contribution in [0.3, 0.4) is 0 Å². The summed E-state index contributed by atoms with van der Waals surface area (Å²) < 4.78 is 5.56. The Kier molecular flexibility index (Phi) is 5.84. The fraction of sp³-hybridized carbons (Fsp3) is 0.182. The van der Waals surface area contributed by atoms with Crippen molar-refractivity contribution in [1.82, 2.24) is 5.32 Å². The van der Waals surface area contributed by atoms with Crippen molar-refractivity contribution < 1.29 is 14.0 Å². The molecule has 0 saturated carbocycles. The zero-order valence-corrected chi connectivity index (χ0v) is 15.3. The Morgan fingerprint density at radius 2 is 1.63 bits per heavy atom. The number of amides is 1. The first-order chi connectivity index (χ1) is 13.0. The fourth-order valence-electron chi connectivity index (χ4n) is 2.81. The maximum atomic E-state index is 12.6. The number of carbonyl (C=O) groups excluding carboxylic acids is 2. The van der Waals surface area contributed by atoms with Gasteiger partial charge >= 0.3 is 0 Å². The van der Waals surface area contributed by atoms with Crippen LogP contribution in [0.4, 0.5) is 5.69 Å². The molecule has 0 aliphatic carbocycles. The van der Waals surface area contributed by atoms with Gasteiger partial charge in [-0.2, -0.15) is 0 Å². The number of Topliss-reactive ketones (excluding diaryl/α,β-unsaturated/α-hetero) is 1. The number of furan rings is 1. The van der Waals surface area contributed by atoms with Crippen LogP contribution in [0.1, 0.15) is 41.6 Å². The lowest BCUT2D eigenvalue weighted by molar-refractivity contribution is -0.117. The van der Waals surface area contributed by atoms with Crippen LogP contribution in [0.25, 0.3) is 0 Å². The predicted octanol–water partition coefficient (Wildman–Crippen LogP) is 4.19. The molecule has 27 heavy (non-hydrogen) atoms. The summed E-state index contributed by atoms with van der Waals surface area (Å²) in [6.07, 6.45) is 1.62. The van der Waals surface area contributed by atoms with E-state index in [-0.39, 0.29) is 17.7 Å². The van der Waals surface area contributed by atoms with Crippen molar-refractivity contribution in [3.05, 3.63) is 89.9 Å². The molecule has 0 aliphatic rings. The van der Waals surface area contributed by atoms with Crippen molar-refractivity contribution in [3.8, 4) is 0 Å². The van der Waals surface area contributed by atoms with Crippen LogP contribution >= 0.6 is 0 Å². The maximum absolute atomic E-state index is 12.6. The molecule has 0 spiro atoms. The summed E-state index contributed by atoms with van der Waals surface area (Å²) >= 11 is 0. The first kappa shape index (κ1) is 18.6. The molecular formula is C22H22N2O3. The third-order valence-electron chi connectivity index (χ3n) is 4.33. The summed E-state index contributed by atoms with van der Waals surface area (Å²) in [6, 6.07) is 19.7. The van der Waals surface area contributed by atoms with Crippen LogP contribution in [0, 0.1) is 0 Å². The zero-order chi connectivity index (χ0) is 19.2. The molecule has 0 aliphatic heterocycles. The largest absolute Gasteiger partial charge is 0.467 e. The van der Waals surface area contributed by atoms with Gasteiger partial charge in [0.05, 0.1) is 18.3 Å². The molecule has 3 rings (SSSR count). The van der Waals surface area contributed by atoms with E-state index in [1.54, 1.807) is 37.5 Å². The van der Waals surface area contributed by atoms with E-state index in [1.165, 1.54) is 6.92 Å². The summed E-state index contributed by atoms with van der Waals surface area (Å²) in [5.41, 5.74) is 2.27. The molecule has 1 amide bonds. The summed E-state index contributed by atoms with van der Waals surface area (Å²) in [4.78, 5) is 23.9. The van der Waals surface area contributed by atoms with E-state index in [9.17, 15) is 9.59 Å². The number of benzene rings is 2. The summed E-state index contributed by atoms with van der Waals surface area (Å²) in [7, 11) is 0. The minimum absolute atomic E-state index is 0.00735. The van der Waals surface area contributed by atoms with Gasteiger partial charge in [0.1, 0.15) is 5.76 Å². The quantitative estimate of drug-likeness (QED) is 0.618. The van der Waals surface area contributed by atoms with Gasteiger partial charge < -0.3 is 9.73 Å². The van der Waals surface area contributed by atoms with Gasteiger partial charge in [-0.1, -0.05) is 30.3 Å². The second-order valence-electron chi connectivity index (χ2n) is 6.37. The third-order valence-corrected chi connectivity index (χ3v) is 4.33. The van der Waals surface area contributed by atoms with Crippen LogP contribution in [-0.2, 0) is 4.79 Å². The number of carbonyl (C=O) groups is 2. The lowest BCUT2D eigenvalue weighted by Gasteiger charge is -2.22. The molecule has 2 N–H and O–H groups in total. The van der Waals surface area contributed by atoms with Crippen molar-refractivity contribution in [1.29, 1.82) is 0 Å². The monoisotopic (exact) mass is 362 g/mol. The molecule has 3 aromatic rings. The number of anilines is 1. The molecule has 138 valence electrons. The fourth-order valence-corrected chi connectivity index (χ4v) is 2.81. The minimum Gasteiger partial charge on any atom is -0.467 e. The van der Waals surface area contributed by atoms with Gasteiger partial charge in [0, 0.05) is 11.3 Å². The van der Waals surface area contributed by atoms with Gasteiger partial charge in [-0.3, -0.25) is 14.9 Å². The van der Waals surface area contributed by atoms with Crippen molar-refractivity contribution >= 4 is 17.4 Å². The summed E-state index contributed by atoms with van der Waals surface area (Å²) in [5, 5.41) is 6.19. The Balaban J connectivity index is 1.70. The highest BCUT2D eigenvalue weighted by Gasteiger charge is 2.22. The topological polar surface area (TPSA) is 71.3 Å². The van der Waals surface area contributed by atoms with Crippen molar-refractivity contribution in [2.75, 3.05) is 5.32 Å². The van der Waals surface area contributed by atoms with Crippen LogP contribution in [-0.4, -0.2) is 17.7 Å². The van der Waals surface area contributed by atoms with Gasteiger partial charge in [-0.25, -0.2) is 0 Å². The molecule has 5 nitrogen and oxygen atoms in total. The van der Waals surface area contributed by atoms with E-state index in [0.29, 0.717) is 11.3 Å². The van der Waals surface area contributed by atoms with Gasteiger partial charge in [-0.15, -0.1) is 0 Å². The highest BCUT2D eigenvalue weighted by atomic mass is 16.3. The molecule has 2 aromatic carbocycles. The summed E-state index contributed by atoms with van der Waals surface area (Å²) in [6.45, 7) is 3.32. The smallest absolute Gasteiger partial charge is 0.241 e. The highest BCUT2D eigenvalue weighted by Crippen LogP contribution is 2.23. The lowest BCUT2D eigenvalue weighted by atomic mass is 10.0. The average Bonchev–Trinajstić information content (AvgIpc) is 3.21. The predicted molar refractivity (Wildman–Crippen MR) is 105 cm³/mol. The highest BCUT2D eigenvalue weighted by molar-refractivity contribution is 5.97. The van der Waals surface area contributed by atoms with Gasteiger partial charge in [0.15, 0.2) is 5.78 Å². The Morgan fingerprint density at radius 3 is 2.22 bits per heavy atom. The van der Waals surface area contributed by atoms with E-state index < -0.39 is 6.04 Å². The second kappa shape index (κ2) is 8.47. The van der Waals surface area contributed by atoms with E-state index in [4.69, 9.17) is 4.42 Å². The maximum Gasteiger partial charge on any atom is 0.241 e. The number of rotatable bonds is 7. The van der Waals surface area contributed by atoms with Crippen LogP contribution in [0.15, 0.2) is 77.4 Å². The van der Waals surface area contributed by atoms with Crippen molar-refractivity contribution in [2.45, 2.75) is 25.9 Å². The standard InChI is InChI=1S/C22H22N2O3/c1-15(22(26)24-19-12-10-17(11-13-19)16(2)25)23-21(20-9-6-14-27-20)18-7-4-3-5-8-18/h3-15,21,23H,1-2H3,(H,24,26)/t15-,21-/m1/s1. The normalized spacial score (nSPS) is 13.0. The van der Waals surface area contributed by atoms with Gasteiger partial charge in [0.2, 0.25) is 5.91 Å². The van der Waals surface area contributed by atoms with E-state index in [2.05, 4.69) is 10.6 Å². The molecule has 0 fully saturated rings. The number of hydrogen-bond donors (Lipinski definition) is 2. The third kappa shape index (κ3) is 4.71. The number of ketones is 1. The second-order valence-corrected chi connectivity index (χ2v) is 6.37. The molecule has 1 heterocycles. The Morgan fingerprint density at radius 1 is 0.926 bits per heavy atom. The molecule has 0 radical (unpaired) electrons. The molecule has 2 atom stereocenters. The van der Waals surface area contributed by atoms with E-state index in [1.807, 2.05) is 42.5 Å². The van der Waals surface area contributed by atoms with Gasteiger partial charge in [-0.05, 0) is 55.8 Å². The molecule has 0 bridgehead atoms.